The molecule has 0 aromatic heterocycles. The third-order valence-corrected chi connectivity index (χ3v) is 2.64. The van der Waals surface area contributed by atoms with Crippen LogP contribution in [-0.4, -0.2) is 12.6 Å². The van der Waals surface area contributed by atoms with Crippen LogP contribution in [0.4, 0.5) is 0 Å². The van der Waals surface area contributed by atoms with Crippen LogP contribution in [-0.2, 0) is 9.53 Å². The van der Waals surface area contributed by atoms with Crippen LogP contribution in [0.2, 0.25) is 0 Å². The molecule has 2 rings (SSSR count). The number of benzene rings is 2. The number of carbonyl (C=O) groups excluding carboxylic acids is 1. The molecule has 0 saturated heterocycles. The fourth-order valence-corrected chi connectivity index (χ4v) is 1.66. The van der Waals surface area contributed by atoms with Crippen LogP contribution in [0.15, 0.2) is 72.8 Å². The molecule has 0 N–H and O–H groups in total. The van der Waals surface area contributed by atoms with Gasteiger partial charge in [-0.1, -0.05) is 66.7 Å². The van der Waals surface area contributed by atoms with Gasteiger partial charge in [-0.15, -0.1) is 0 Å². The molecule has 0 aliphatic heterocycles. The molecule has 0 aliphatic carbocycles. The van der Waals surface area contributed by atoms with Crippen molar-refractivity contribution in [3.8, 4) is 0 Å². The molecule has 0 spiro atoms. The van der Waals surface area contributed by atoms with Gasteiger partial charge >= 0.3 is 5.97 Å². The first-order chi connectivity index (χ1) is 9.84. The van der Waals surface area contributed by atoms with Crippen molar-refractivity contribution in [1.29, 1.82) is 0 Å². The monoisotopic (exact) mass is 264 g/mol. The third kappa shape index (κ3) is 4.94. The Morgan fingerprint density at radius 2 is 1.40 bits per heavy atom. The first kappa shape index (κ1) is 13.8. The molecule has 0 unspecified atom stereocenters. The minimum atomic E-state index is -0.341. The first-order valence-corrected chi connectivity index (χ1v) is 6.46. The topological polar surface area (TPSA) is 26.3 Å². The van der Waals surface area contributed by atoms with E-state index in [4.69, 9.17) is 4.74 Å². The summed E-state index contributed by atoms with van der Waals surface area (Å²) in [5.74, 6) is -0.341. The SMILES string of the molecule is O=C(/C=C\c1ccccc1)OC/C=C\c1ccccc1. The second-order valence-corrected chi connectivity index (χ2v) is 4.19. The van der Waals surface area contributed by atoms with E-state index in [2.05, 4.69) is 0 Å². The summed E-state index contributed by atoms with van der Waals surface area (Å²) >= 11 is 0. The average molecular weight is 264 g/mol. The Labute approximate surface area is 119 Å². The lowest BCUT2D eigenvalue weighted by Crippen LogP contribution is -1.99. The Bertz CT molecular complexity index is 583. The number of rotatable bonds is 5. The standard InChI is InChI=1S/C18H16O2/c19-18(14-13-17-10-5-2-6-11-17)20-15-7-12-16-8-3-1-4-9-16/h1-14H,15H2/b12-7-,14-13-. The zero-order valence-electron chi connectivity index (χ0n) is 11.1. The van der Waals surface area contributed by atoms with Gasteiger partial charge in [0.25, 0.3) is 0 Å². The predicted molar refractivity (Wildman–Crippen MR) is 81.9 cm³/mol. The molecule has 2 nitrogen and oxygen atoms in total. The highest BCUT2D eigenvalue weighted by molar-refractivity contribution is 5.87. The molecular formula is C18H16O2. The smallest absolute Gasteiger partial charge is 0.331 e. The van der Waals surface area contributed by atoms with Gasteiger partial charge in [-0.25, -0.2) is 4.79 Å². The molecular weight excluding hydrogens is 248 g/mol. The van der Waals surface area contributed by atoms with Gasteiger partial charge in [0, 0.05) is 6.08 Å². The summed E-state index contributed by atoms with van der Waals surface area (Å²) in [7, 11) is 0. The van der Waals surface area contributed by atoms with E-state index in [0.717, 1.165) is 11.1 Å². The van der Waals surface area contributed by atoms with Gasteiger partial charge in [-0.05, 0) is 23.3 Å². The maximum Gasteiger partial charge on any atom is 0.331 e. The number of carbonyl (C=O) groups is 1. The Balaban J connectivity index is 1.76. The van der Waals surface area contributed by atoms with E-state index in [9.17, 15) is 4.79 Å². The lowest BCUT2D eigenvalue weighted by atomic mass is 10.2. The number of hydrogen-bond acceptors (Lipinski definition) is 2. The van der Waals surface area contributed by atoms with Crippen molar-refractivity contribution in [3.05, 3.63) is 83.9 Å². The number of ether oxygens (including phenoxy) is 1. The fraction of sp³-hybridized carbons (Fsp3) is 0.0556. The van der Waals surface area contributed by atoms with E-state index in [1.165, 1.54) is 6.08 Å². The van der Waals surface area contributed by atoms with Gasteiger partial charge in [-0.2, -0.15) is 0 Å². The minimum absolute atomic E-state index is 0.271. The maximum absolute atomic E-state index is 11.5. The third-order valence-electron chi connectivity index (χ3n) is 2.64. The minimum Gasteiger partial charge on any atom is -0.458 e. The summed E-state index contributed by atoms with van der Waals surface area (Å²) in [5, 5.41) is 0. The van der Waals surface area contributed by atoms with Gasteiger partial charge in [-0.3, -0.25) is 0 Å². The molecule has 0 amide bonds. The highest BCUT2D eigenvalue weighted by atomic mass is 16.5. The molecule has 2 aromatic carbocycles. The van der Waals surface area contributed by atoms with E-state index in [1.54, 1.807) is 6.08 Å². The van der Waals surface area contributed by atoms with Gasteiger partial charge in [0.1, 0.15) is 6.61 Å². The van der Waals surface area contributed by atoms with Crippen LogP contribution >= 0.6 is 0 Å². The Kier molecular flexibility index (Phi) is 5.35. The van der Waals surface area contributed by atoms with Crippen LogP contribution in [0, 0.1) is 0 Å². The molecule has 2 heteroatoms. The lowest BCUT2D eigenvalue weighted by Gasteiger charge is -1.97. The highest BCUT2D eigenvalue weighted by Crippen LogP contribution is 2.02. The van der Waals surface area contributed by atoms with E-state index >= 15 is 0 Å². The van der Waals surface area contributed by atoms with Crippen molar-refractivity contribution >= 4 is 18.1 Å². The fourth-order valence-electron chi connectivity index (χ4n) is 1.66. The van der Waals surface area contributed by atoms with Crippen LogP contribution in [0.5, 0.6) is 0 Å². The molecule has 0 aliphatic rings. The van der Waals surface area contributed by atoms with Crippen LogP contribution in [0.25, 0.3) is 12.2 Å². The molecule has 20 heavy (non-hydrogen) atoms. The average Bonchev–Trinajstić information content (AvgIpc) is 2.52. The Morgan fingerprint density at radius 3 is 2.00 bits per heavy atom. The normalized spacial score (nSPS) is 11.0. The molecule has 0 bridgehead atoms. The molecule has 0 fully saturated rings. The van der Waals surface area contributed by atoms with Crippen LogP contribution < -0.4 is 0 Å². The molecule has 0 saturated carbocycles. The van der Waals surface area contributed by atoms with Crippen molar-refractivity contribution in [2.24, 2.45) is 0 Å². The zero-order valence-corrected chi connectivity index (χ0v) is 11.1. The van der Waals surface area contributed by atoms with Crippen molar-refractivity contribution in [2.45, 2.75) is 0 Å². The zero-order chi connectivity index (χ0) is 14.0. The largest absolute Gasteiger partial charge is 0.458 e. The summed E-state index contributed by atoms with van der Waals surface area (Å²) in [6.45, 7) is 0.271. The van der Waals surface area contributed by atoms with Crippen molar-refractivity contribution in [3.63, 3.8) is 0 Å². The summed E-state index contributed by atoms with van der Waals surface area (Å²) in [5.41, 5.74) is 2.06. The summed E-state index contributed by atoms with van der Waals surface area (Å²) in [4.78, 5) is 11.5. The first-order valence-electron chi connectivity index (χ1n) is 6.46. The number of esters is 1. The summed E-state index contributed by atoms with van der Waals surface area (Å²) < 4.78 is 5.07. The van der Waals surface area contributed by atoms with E-state index in [1.807, 2.05) is 72.8 Å². The Morgan fingerprint density at radius 1 is 0.850 bits per heavy atom. The quantitative estimate of drug-likeness (QED) is 0.603. The van der Waals surface area contributed by atoms with E-state index in [0.29, 0.717) is 0 Å². The van der Waals surface area contributed by atoms with Gasteiger partial charge < -0.3 is 4.74 Å². The van der Waals surface area contributed by atoms with Crippen molar-refractivity contribution in [1.82, 2.24) is 0 Å². The number of hydrogen-bond donors (Lipinski definition) is 0. The van der Waals surface area contributed by atoms with Gasteiger partial charge in [0.2, 0.25) is 0 Å². The molecule has 0 atom stereocenters. The predicted octanol–water partition coefficient (Wildman–Crippen LogP) is 3.96. The molecule has 2 aromatic rings. The van der Waals surface area contributed by atoms with E-state index < -0.39 is 0 Å². The van der Waals surface area contributed by atoms with Gasteiger partial charge in [0.05, 0.1) is 0 Å². The van der Waals surface area contributed by atoms with Crippen LogP contribution in [0.1, 0.15) is 11.1 Å². The second-order valence-electron chi connectivity index (χ2n) is 4.19. The lowest BCUT2D eigenvalue weighted by molar-refractivity contribution is -0.136. The van der Waals surface area contributed by atoms with E-state index in [-0.39, 0.29) is 12.6 Å². The van der Waals surface area contributed by atoms with Crippen molar-refractivity contribution < 1.29 is 9.53 Å². The molecule has 0 radical (unpaired) electrons. The second kappa shape index (κ2) is 7.74. The maximum atomic E-state index is 11.5. The van der Waals surface area contributed by atoms with Gasteiger partial charge in [0.15, 0.2) is 0 Å². The highest BCUT2D eigenvalue weighted by Gasteiger charge is 1.94. The molecule has 0 heterocycles. The Hall–Kier alpha value is -2.61. The summed E-state index contributed by atoms with van der Waals surface area (Å²) in [6, 6.07) is 19.5. The van der Waals surface area contributed by atoms with Crippen molar-refractivity contribution in [2.75, 3.05) is 6.61 Å². The summed E-state index contributed by atoms with van der Waals surface area (Å²) in [6.07, 6.45) is 6.92. The molecule has 100 valence electrons. The van der Waals surface area contributed by atoms with Crippen LogP contribution in [0.3, 0.4) is 0 Å².